The average Bonchev–Trinajstić information content (AvgIpc) is 1.82. The van der Waals surface area contributed by atoms with Crippen molar-refractivity contribution in [2.45, 2.75) is 6.92 Å². The SMILES string of the molecule is Cc1cc(Br)c(O)c(Br)c1.[Y]. The van der Waals surface area contributed by atoms with Crippen molar-refractivity contribution in [3.63, 3.8) is 0 Å². The Hall–Kier alpha value is 1.08. The number of phenols is 1. The van der Waals surface area contributed by atoms with Crippen LogP contribution in [0.15, 0.2) is 21.1 Å². The maximum Gasteiger partial charge on any atom is 0.143 e. The summed E-state index contributed by atoms with van der Waals surface area (Å²) in [6, 6.07) is 3.72. The predicted octanol–water partition coefficient (Wildman–Crippen LogP) is 3.22. The minimum absolute atomic E-state index is 0. The van der Waals surface area contributed by atoms with E-state index < -0.39 is 0 Å². The third-order valence-electron chi connectivity index (χ3n) is 1.16. The van der Waals surface area contributed by atoms with Gasteiger partial charge in [-0.2, -0.15) is 0 Å². The molecule has 1 nitrogen and oxygen atoms in total. The molecule has 1 rings (SSSR count). The van der Waals surface area contributed by atoms with Crippen molar-refractivity contribution < 1.29 is 37.8 Å². The first kappa shape index (κ1) is 12.1. The summed E-state index contributed by atoms with van der Waals surface area (Å²) in [5, 5.41) is 9.24. The molecule has 0 bridgehead atoms. The zero-order valence-corrected chi connectivity index (χ0v) is 11.9. The molecule has 0 aliphatic carbocycles. The maximum absolute atomic E-state index is 9.24. The second-order valence-electron chi connectivity index (χ2n) is 2.08. The van der Waals surface area contributed by atoms with Gasteiger partial charge in [0.2, 0.25) is 0 Å². The summed E-state index contributed by atoms with van der Waals surface area (Å²) in [5.74, 6) is 0.255. The number of phenolic OH excluding ortho intramolecular Hbond substituents is 1. The molecule has 4 heteroatoms. The van der Waals surface area contributed by atoms with Gasteiger partial charge in [0.1, 0.15) is 5.75 Å². The monoisotopic (exact) mass is 353 g/mol. The quantitative estimate of drug-likeness (QED) is 0.758. The molecule has 11 heavy (non-hydrogen) atoms. The van der Waals surface area contributed by atoms with E-state index in [1.807, 2.05) is 19.1 Å². The van der Waals surface area contributed by atoms with E-state index in [0.29, 0.717) is 0 Å². The Kier molecular flexibility index (Phi) is 5.44. The molecule has 0 fully saturated rings. The smallest absolute Gasteiger partial charge is 0.143 e. The summed E-state index contributed by atoms with van der Waals surface area (Å²) < 4.78 is 1.44. The van der Waals surface area contributed by atoms with E-state index in [1.165, 1.54) is 0 Å². The van der Waals surface area contributed by atoms with E-state index in [9.17, 15) is 5.11 Å². The summed E-state index contributed by atoms with van der Waals surface area (Å²) in [7, 11) is 0. The molecule has 0 saturated heterocycles. The molecule has 1 N–H and O–H groups in total. The minimum Gasteiger partial charge on any atom is -0.506 e. The molecule has 0 aliphatic heterocycles. The fraction of sp³-hybridized carbons (Fsp3) is 0.143. The molecule has 57 valence electrons. The van der Waals surface area contributed by atoms with E-state index in [4.69, 9.17) is 0 Å². The molecule has 0 amide bonds. The number of rotatable bonds is 0. The van der Waals surface area contributed by atoms with Gasteiger partial charge in [0.25, 0.3) is 0 Å². The molecular formula is C7H6Br2OY. The molecule has 0 saturated carbocycles. The number of halogens is 2. The molecule has 0 aliphatic rings. The van der Waals surface area contributed by atoms with Crippen LogP contribution in [0.3, 0.4) is 0 Å². The zero-order chi connectivity index (χ0) is 7.72. The van der Waals surface area contributed by atoms with Gasteiger partial charge in [0.05, 0.1) is 8.95 Å². The molecule has 0 unspecified atom stereocenters. The molecule has 0 heterocycles. The maximum atomic E-state index is 9.24. The average molecular weight is 355 g/mol. The van der Waals surface area contributed by atoms with Gasteiger partial charge in [-0.25, -0.2) is 0 Å². The zero-order valence-electron chi connectivity index (χ0n) is 5.94. The molecule has 0 aromatic heterocycles. The van der Waals surface area contributed by atoms with Crippen LogP contribution < -0.4 is 0 Å². The molecule has 0 spiro atoms. The standard InChI is InChI=1S/C7H6Br2O.Y/c1-4-2-5(8)7(10)6(9)3-4;/h2-3,10H,1H3;. The van der Waals surface area contributed by atoms with Crippen molar-refractivity contribution in [2.24, 2.45) is 0 Å². The third-order valence-corrected chi connectivity index (χ3v) is 2.37. The Bertz CT molecular complexity index is 240. The van der Waals surface area contributed by atoms with E-state index in [2.05, 4.69) is 31.9 Å². The van der Waals surface area contributed by atoms with Crippen LogP contribution >= 0.6 is 31.9 Å². The van der Waals surface area contributed by atoms with Crippen LogP contribution in [0, 0.1) is 6.92 Å². The first-order valence-corrected chi connectivity index (χ1v) is 4.34. The first-order chi connectivity index (χ1) is 4.61. The normalized spacial score (nSPS) is 9.00. The van der Waals surface area contributed by atoms with Gasteiger partial charge in [0.15, 0.2) is 0 Å². The first-order valence-electron chi connectivity index (χ1n) is 2.76. The Morgan fingerprint density at radius 3 is 1.91 bits per heavy atom. The molecule has 0 atom stereocenters. The van der Waals surface area contributed by atoms with Crippen LogP contribution in [0.25, 0.3) is 0 Å². The Balaban J connectivity index is 0.000001000. The van der Waals surface area contributed by atoms with Crippen LogP contribution in [0.5, 0.6) is 5.75 Å². The van der Waals surface area contributed by atoms with Crippen LogP contribution in [-0.4, -0.2) is 5.11 Å². The number of hydrogen-bond donors (Lipinski definition) is 1. The fourth-order valence-corrected chi connectivity index (χ4v) is 2.11. The Morgan fingerprint density at radius 1 is 1.18 bits per heavy atom. The van der Waals surface area contributed by atoms with Crippen LogP contribution in [0.4, 0.5) is 0 Å². The van der Waals surface area contributed by atoms with Gasteiger partial charge in [0, 0.05) is 32.7 Å². The van der Waals surface area contributed by atoms with E-state index in [0.717, 1.165) is 14.5 Å². The summed E-state index contributed by atoms with van der Waals surface area (Å²) in [4.78, 5) is 0. The second-order valence-corrected chi connectivity index (χ2v) is 3.79. The topological polar surface area (TPSA) is 20.2 Å². The van der Waals surface area contributed by atoms with Crippen LogP contribution in [0.2, 0.25) is 0 Å². The summed E-state index contributed by atoms with van der Waals surface area (Å²) in [6.07, 6.45) is 0. The van der Waals surface area contributed by atoms with Crippen molar-refractivity contribution >= 4 is 31.9 Å². The number of benzene rings is 1. The van der Waals surface area contributed by atoms with E-state index >= 15 is 0 Å². The van der Waals surface area contributed by atoms with Crippen LogP contribution in [0.1, 0.15) is 5.56 Å². The van der Waals surface area contributed by atoms with Gasteiger partial charge >= 0.3 is 0 Å². The number of hydrogen-bond acceptors (Lipinski definition) is 1. The van der Waals surface area contributed by atoms with Gasteiger partial charge < -0.3 is 5.11 Å². The van der Waals surface area contributed by atoms with Crippen molar-refractivity contribution in [1.82, 2.24) is 0 Å². The Morgan fingerprint density at radius 2 is 1.55 bits per heavy atom. The molecule has 1 aromatic rings. The van der Waals surface area contributed by atoms with Gasteiger partial charge in [-0.15, -0.1) is 0 Å². The van der Waals surface area contributed by atoms with E-state index in [-0.39, 0.29) is 38.5 Å². The fourth-order valence-electron chi connectivity index (χ4n) is 0.692. The number of aryl methyl sites for hydroxylation is 1. The van der Waals surface area contributed by atoms with E-state index in [1.54, 1.807) is 0 Å². The van der Waals surface area contributed by atoms with Crippen molar-refractivity contribution in [3.05, 3.63) is 26.6 Å². The van der Waals surface area contributed by atoms with Crippen molar-refractivity contribution in [3.8, 4) is 5.75 Å². The molecular weight excluding hydrogens is 349 g/mol. The molecule has 1 radical (unpaired) electrons. The summed E-state index contributed by atoms with van der Waals surface area (Å²) in [6.45, 7) is 1.97. The number of aromatic hydroxyl groups is 1. The van der Waals surface area contributed by atoms with Crippen molar-refractivity contribution in [1.29, 1.82) is 0 Å². The van der Waals surface area contributed by atoms with Gasteiger partial charge in [-0.1, -0.05) is 0 Å². The summed E-state index contributed by atoms with van der Waals surface area (Å²) >= 11 is 6.43. The third kappa shape index (κ3) is 3.13. The largest absolute Gasteiger partial charge is 0.506 e. The minimum atomic E-state index is 0. The Labute approximate surface area is 108 Å². The van der Waals surface area contributed by atoms with Gasteiger partial charge in [-0.05, 0) is 56.5 Å². The predicted molar refractivity (Wildman–Crippen MR) is 48.2 cm³/mol. The second kappa shape index (κ2) is 4.95. The van der Waals surface area contributed by atoms with Crippen LogP contribution in [-0.2, 0) is 32.7 Å². The summed E-state index contributed by atoms with van der Waals surface area (Å²) in [5.41, 5.74) is 1.11. The molecule has 1 aromatic carbocycles. The van der Waals surface area contributed by atoms with Crippen molar-refractivity contribution in [2.75, 3.05) is 0 Å². The van der Waals surface area contributed by atoms with Gasteiger partial charge in [-0.3, -0.25) is 0 Å².